The molecule has 1 aromatic rings. The minimum atomic E-state index is -0.383. The van der Waals surface area contributed by atoms with Crippen LogP contribution in [0.2, 0.25) is 0 Å². The van der Waals surface area contributed by atoms with Crippen molar-refractivity contribution in [3.63, 3.8) is 0 Å². The molecule has 2 amide bonds. The Morgan fingerprint density at radius 1 is 1.17 bits per heavy atom. The Hall–Kier alpha value is -1.56. The van der Waals surface area contributed by atoms with Gasteiger partial charge in [0.15, 0.2) is 6.61 Å². The molecule has 0 unspecified atom stereocenters. The maximum absolute atomic E-state index is 11.7. The van der Waals surface area contributed by atoms with Crippen LogP contribution in [0.25, 0.3) is 0 Å². The van der Waals surface area contributed by atoms with Crippen LogP contribution < -0.4 is 15.6 Å². The van der Waals surface area contributed by atoms with Crippen LogP contribution in [0, 0.1) is 0 Å². The number of carbonyl (C=O) groups excluding carboxylic acids is 2. The maximum atomic E-state index is 11.7. The second-order valence-electron chi connectivity index (χ2n) is 5.68. The van der Waals surface area contributed by atoms with E-state index in [4.69, 9.17) is 4.74 Å². The third-order valence-electron chi connectivity index (χ3n) is 3.30. The Balaban J connectivity index is 2.40. The molecule has 1 aromatic carbocycles. The van der Waals surface area contributed by atoms with Crippen molar-refractivity contribution < 1.29 is 14.3 Å². The minimum Gasteiger partial charge on any atom is -0.483 e. The molecule has 5 nitrogen and oxygen atoms in total. The standard InChI is InChI=1S/C17H25BrN2O3/c1-4-5-6-7-16(21)19-20-17(22)11-23-15-9-8-13(18)10-14(15)12(2)3/h8-10,12H,4-7,11H2,1-3H3,(H,19,21)(H,20,22). The molecule has 1 rings (SSSR count). The van der Waals surface area contributed by atoms with Crippen LogP contribution in [0.3, 0.4) is 0 Å². The van der Waals surface area contributed by atoms with Gasteiger partial charge >= 0.3 is 0 Å². The van der Waals surface area contributed by atoms with E-state index in [1.165, 1.54) is 0 Å². The van der Waals surface area contributed by atoms with Crippen LogP contribution in [0.4, 0.5) is 0 Å². The van der Waals surface area contributed by atoms with Crippen molar-refractivity contribution in [2.24, 2.45) is 0 Å². The average molecular weight is 385 g/mol. The van der Waals surface area contributed by atoms with Gasteiger partial charge < -0.3 is 4.74 Å². The lowest BCUT2D eigenvalue weighted by molar-refractivity contribution is -0.130. The number of hydrogen-bond acceptors (Lipinski definition) is 3. The third-order valence-corrected chi connectivity index (χ3v) is 3.79. The highest BCUT2D eigenvalue weighted by molar-refractivity contribution is 9.10. The van der Waals surface area contributed by atoms with Crippen LogP contribution in [-0.2, 0) is 9.59 Å². The molecule has 0 heterocycles. The second kappa shape index (κ2) is 10.3. The van der Waals surface area contributed by atoms with Crippen molar-refractivity contribution in [1.82, 2.24) is 10.9 Å². The predicted octanol–water partition coefficient (Wildman–Crippen LogP) is 3.68. The fourth-order valence-corrected chi connectivity index (χ4v) is 2.40. The predicted molar refractivity (Wildman–Crippen MR) is 94.2 cm³/mol. The molecule has 0 radical (unpaired) electrons. The van der Waals surface area contributed by atoms with E-state index in [0.717, 1.165) is 29.3 Å². The Bertz CT molecular complexity index is 533. The summed E-state index contributed by atoms with van der Waals surface area (Å²) in [6.07, 6.45) is 3.30. The molecule has 0 saturated heterocycles. The van der Waals surface area contributed by atoms with Gasteiger partial charge in [-0.05, 0) is 36.1 Å². The van der Waals surface area contributed by atoms with Gasteiger partial charge in [-0.3, -0.25) is 20.4 Å². The van der Waals surface area contributed by atoms with Crippen molar-refractivity contribution in [1.29, 1.82) is 0 Å². The number of unbranched alkanes of at least 4 members (excludes halogenated alkanes) is 2. The van der Waals surface area contributed by atoms with Crippen molar-refractivity contribution in [2.45, 2.75) is 52.4 Å². The molecule has 2 N–H and O–H groups in total. The Morgan fingerprint density at radius 3 is 2.52 bits per heavy atom. The zero-order chi connectivity index (χ0) is 17.2. The number of amides is 2. The summed E-state index contributed by atoms with van der Waals surface area (Å²) < 4.78 is 6.53. The molecule has 0 saturated carbocycles. The molecular formula is C17H25BrN2O3. The Labute approximate surface area is 146 Å². The summed E-state index contributed by atoms with van der Waals surface area (Å²) in [7, 11) is 0. The number of carbonyl (C=O) groups is 2. The third kappa shape index (κ3) is 7.50. The highest BCUT2D eigenvalue weighted by Gasteiger charge is 2.11. The van der Waals surface area contributed by atoms with Gasteiger partial charge in [-0.25, -0.2) is 0 Å². The van der Waals surface area contributed by atoms with Gasteiger partial charge in [0, 0.05) is 10.9 Å². The largest absolute Gasteiger partial charge is 0.483 e. The van der Waals surface area contributed by atoms with E-state index in [-0.39, 0.29) is 24.3 Å². The quantitative estimate of drug-likeness (QED) is 0.530. The Kier molecular flexibility index (Phi) is 8.69. The zero-order valence-electron chi connectivity index (χ0n) is 13.9. The summed E-state index contributed by atoms with van der Waals surface area (Å²) in [5, 5.41) is 0. The van der Waals surface area contributed by atoms with E-state index in [2.05, 4.69) is 47.6 Å². The summed E-state index contributed by atoms with van der Waals surface area (Å²) in [4.78, 5) is 23.2. The number of nitrogens with one attached hydrogen (secondary N) is 2. The number of halogens is 1. The molecular weight excluding hydrogens is 360 g/mol. The highest BCUT2D eigenvalue weighted by Crippen LogP contribution is 2.29. The van der Waals surface area contributed by atoms with E-state index in [0.29, 0.717) is 12.2 Å². The molecule has 6 heteroatoms. The molecule has 0 aromatic heterocycles. The van der Waals surface area contributed by atoms with Crippen LogP contribution in [0.1, 0.15) is 57.9 Å². The molecule has 0 aliphatic carbocycles. The average Bonchev–Trinajstić information content (AvgIpc) is 2.51. The van der Waals surface area contributed by atoms with Crippen LogP contribution in [-0.4, -0.2) is 18.4 Å². The summed E-state index contributed by atoms with van der Waals surface area (Å²) in [5.74, 6) is 0.390. The fourth-order valence-electron chi connectivity index (χ4n) is 2.02. The number of ether oxygens (including phenoxy) is 1. The van der Waals surface area contributed by atoms with E-state index in [1.54, 1.807) is 0 Å². The normalized spacial score (nSPS) is 10.5. The molecule has 0 aliphatic rings. The van der Waals surface area contributed by atoms with Gasteiger partial charge in [-0.2, -0.15) is 0 Å². The molecule has 23 heavy (non-hydrogen) atoms. The van der Waals surface area contributed by atoms with Crippen molar-refractivity contribution >= 4 is 27.7 Å². The number of rotatable bonds is 8. The van der Waals surface area contributed by atoms with Gasteiger partial charge in [-0.1, -0.05) is 49.5 Å². The van der Waals surface area contributed by atoms with Crippen molar-refractivity contribution in [2.75, 3.05) is 6.61 Å². The summed E-state index contributed by atoms with van der Waals surface area (Å²) in [6.45, 7) is 6.05. The lowest BCUT2D eigenvalue weighted by Crippen LogP contribution is -2.43. The summed E-state index contributed by atoms with van der Waals surface area (Å²) in [6, 6.07) is 5.68. The number of benzene rings is 1. The van der Waals surface area contributed by atoms with Crippen molar-refractivity contribution in [3.8, 4) is 5.75 Å². The van der Waals surface area contributed by atoms with Crippen LogP contribution in [0.15, 0.2) is 22.7 Å². The number of hydrazine groups is 1. The molecule has 0 atom stereocenters. The summed E-state index contributed by atoms with van der Waals surface area (Å²) >= 11 is 3.43. The van der Waals surface area contributed by atoms with E-state index in [9.17, 15) is 9.59 Å². The van der Waals surface area contributed by atoms with E-state index >= 15 is 0 Å². The smallest absolute Gasteiger partial charge is 0.276 e. The monoisotopic (exact) mass is 384 g/mol. The lowest BCUT2D eigenvalue weighted by Gasteiger charge is -2.14. The number of hydrogen-bond donors (Lipinski definition) is 2. The van der Waals surface area contributed by atoms with Gasteiger partial charge in [0.25, 0.3) is 5.91 Å². The first-order valence-electron chi connectivity index (χ1n) is 7.94. The maximum Gasteiger partial charge on any atom is 0.276 e. The van der Waals surface area contributed by atoms with Crippen LogP contribution >= 0.6 is 15.9 Å². The summed E-state index contributed by atoms with van der Waals surface area (Å²) in [5.41, 5.74) is 5.79. The first kappa shape index (κ1) is 19.5. The topological polar surface area (TPSA) is 67.4 Å². The molecule has 0 fully saturated rings. The molecule has 128 valence electrons. The van der Waals surface area contributed by atoms with Gasteiger partial charge in [0.2, 0.25) is 5.91 Å². The SMILES string of the molecule is CCCCCC(=O)NNC(=O)COc1ccc(Br)cc1C(C)C. The minimum absolute atomic E-state index is 0.142. The molecule has 0 aliphatic heterocycles. The van der Waals surface area contributed by atoms with Crippen molar-refractivity contribution in [3.05, 3.63) is 28.2 Å². The van der Waals surface area contributed by atoms with Gasteiger partial charge in [0.05, 0.1) is 0 Å². The first-order chi connectivity index (χ1) is 10.9. The highest BCUT2D eigenvalue weighted by atomic mass is 79.9. The lowest BCUT2D eigenvalue weighted by atomic mass is 10.0. The van der Waals surface area contributed by atoms with Crippen LogP contribution in [0.5, 0.6) is 5.75 Å². The zero-order valence-corrected chi connectivity index (χ0v) is 15.5. The first-order valence-corrected chi connectivity index (χ1v) is 8.73. The van der Waals surface area contributed by atoms with Gasteiger partial charge in [-0.15, -0.1) is 0 Å². The fraction of sp³-hybridized carbons (Fsp3) is 0.529. The van der Waals surface area contributed by atoms with Gasteiger partial charge in [0.1, 0.15) is 5.75 Å². The molecule has 0 bridgehead atoms. The molecule has 0 spiro atoms. The second-order valence-corrected chi connectivity index (χ2v) is 6.59. The van der Waals surface area contributed by atoms with E-state index < -0.39 is 0 Å². The van der Waals surface area contributed by atoms with E-state index in [1.807, 2.05) is 18.2 Å². The Morgan fingerprint density at radius 2 is 1.87 bits per heavy atom.